The summed E-state index contributed by atoms with van der Waals surface area (Å²) in [4.78, 5) is 0. The second-order valence-electron chi connectivity index (χ2n) is 3.82. The quantitative estimate of drug-likeness (QED) is 0.226. The molecule has 0 radical (unpaired) electrons. The molecule has 1 nitrogen and oxygen atoms in total. The normalized spacial score (nSPS) is 11.7. The Labute approximate surface area is 159 Å². The molecule has 1 aromatic heterocycles. The molecule has 0 fully saturated rings. The maximum Gasteiger partial charge on any atom is 0.137 e. The van der Waals surface area contributed by atoms with Gasteiger partial charge in [0.2, 0.25) is 0 Å². The van der Waals surface area contributed by atoms with Crippen LogP contribution in [0.1, 0.15) is 0 Å². The molecule has 0 saturated carbocycles. The standard InChI is InChI=1S/C12H2Br6O/c13-3-1-5-7(11(17)9(3)15)8-6(19-5)2-4(14)10(16)12(8)18/h1-2H. The molecule has 0 atom stereocenters. The van der Waals surface area contributed by atoms with Crippen molar-refractivity contribution in [1.29, 1.82) is 0 Å². The van der Waals surface area contributed by atoms with Crippen LogP contribution in [0.5, 0.6) is 0 Å². The Morgan fingerprint density at radius 3 is 1.32 bits per heavy atom. The van der Waals surface area contributed by atoms with Gasteiger partial charge in [-0.3, -0.25) is 0 Å². The summed E-state index contributed by atoms with van der Waals surface area (Å²) in [7, 11) is 0. The van der Waals surface area contributed by atoms with Gasteiger partial charge >= 0.3 is 0 Å². The largest absolute Gasteiger partial charge is 0.456 e. The molecule has 7 heteroatoms. The van der Waals surface area contributed by atoms with Crippen LogP contribution in [0.25, 0.3) is 21.9 Å². The predicted molar refractivity (Wildman–Crippen MR) is 99.9 cm³/mol. The fourth-order valence-electron chi connectivity index (χ4n) is 1.89. The van der Waals surface area contributed by atoms with E-state index in [1.165, 1.54) is 0 Å². The first-order chi connectivity index (χ1) is 8.91. The Kier molecular flexibility index (Phi) is 4.27. The molecule has 1 heterocycles. The minimum absolute atomic E-state index is 0.822. The van der Waals surface area contributed by atoms with E-state index in [-0.39, 0.29) is 0 Å². The van der Waals surface area contributed by atoms with Crippen molar-refractivity contribution >= 4 is 118 Å². The van der Waals surface area contributed by atoms with Crippen LogP contribution in [0.4, 0.5) is 0 Å². The highest BCUT2D eigenvalue weighted by molar-refractivity contribution is 9.15. The molecular weight excluding hydrogens is 640 g/mol. The summed E-state index contributed by atoms with van der Waals surface area (Å²) in [6.45, 7) is 0. The zero-order chi connectivity index (χ0) is 13.9. The molecule has 0 amide bonds. The molecule has 2 aromatic carbocycles. The highest BCUT2D eigenvalue weighted by Crippen LogP contribution is 2.47. The second-order valence-corrected chi connectivity index (χ2v) is 8.70. The van der Waals surface area contributed by atoms with Gasteiger partial charge < -0.3 is 4.42 Å². The maximum atomic E-state index is 5.92. The van der Waals surface area contributed by atoms with E-state index >= 15 is 0 Å². The van der Waals surface area contributed by atoms with Crippen molar-refractivity contribution in [1.82, 2.24) is 0 Å². The molecular formula is C12H2Br6O. The maximum absolute atomic E-state index is 5.92. The smallest absolute Gasteiger partial charge is 0.137 e. The summed E-state index contributed by atoms with van der Waals surface area (Å²) in [6.07, 6.45) is 0. The molecule has 0 aliphatic carbocycles. The first-order valence-electron chi connectivity index (χ1n) is 4.95. The molecule has 0 aliphatic rings. The van der Waals surface area contributed by atoms with Gasteiger partial charge in [0.05, 0.1) is 0 Å². The predicted octanol–water partition coefficient (Wildman–Crippen LogP) is 8.16. The minimum Gasteiger partial charge on any atom is -0.456 e. The van der Waals surface area contributed by atoms with Gasteiger partial charge in [-0.25, -0.2) is 0 Å². The fraction of sp³-hybridized carbons (Fsp3) is 0. The molecule has 0 bridgehead atoms. The number of hydrogen-bond acceptors (Lipinski definition) is 1. The van der Waals surface area contributed by atoms with Gasteiger partial charge in [0.25, 0.3) is 0 Å². The first-order valence-corrected chi connectivity index (χ1v) is 9.70. The van der Waals surface area contributed by atoms with Crippen LogP contribution in [-0.2, 0) is 0 Å². The average molecular weight is 642 g/mol. The van der Waals surface area contributed by atoms with Crippen LogP contribution in [0.2, 0.25) is 0 Å². The van der Waals surface area contributed by atoms with Gasteiger partial charge in [0, 0.05) is 37.6 Å². The van der Waals surface area contributed by atoms with Gasteiger partial charge in [0.1, 0.15) is 11.2 Å². The SMILES string of the molecule is Brc1cc2oc3cc(Br)c(Br)c(Br)c3c2c(Br)c1Br. The van der Waals surface area contributed by atoms with Crippen molar-refractivity contribution in [3.63, 3.8) is 0 Å². The minimum atomic E-state index is 0.822. The van der Waals surface area contributed by atoms with Gasteiger partial charge in [-0.05, 0) is 108 Å². The Balaban J connectivity index is 2.64. The third kappa shape index (κ3) is 2.32. The lowest BCUT2D eigenvalue weighted by molar-refractivity contribution is 0.668. The van der Waals surface area contributed by atoms with Gasteiger partial charge in [-0.2, -0.15) is 0 Å². The van der Waals surface area contributed by atoms with Crippen molar-refractivity contribution in [2.75, 3.05) is 0 Å². The molecule has 0 spiro atoms. The van der Waals surface area contributed by atoms with E-state index in [0.29, 0.717) is 0 Å². The van der Waals surface area contributed by atoms with Crippen LogP contribution in [0, 0.1) is 0 Å². The van der Waals surface area contributed by atoms with Crippen molar-refractivity contribution in [2.45, 2.75) is 0 Å². The van der Waals surface area contributed by atoms with E-state index < -0.39 is 0 Å². The summed E-state index contributed by atoms with van der Waals surface area (Å²) < 4.78 is 11.7. The van der Waals surface area contributed by atoms with Crippen LogP contribution >= 0.6 is 95.6 Å². The Morgan fingerprint density at radius 2 is 0.947 bits per heavy atom. The van der Waals surface area contributed by atoms with Gasteiger partial charge in [-0.15, -0.1) is 0 Å². The lowest BCUT2D eigenvalue weighted by atomic mass is 10.1. The van der Waals surface area contributed by atoms with E-state index in [2.05, 4.69) is 95.6 Å². The molecule has 0 N–H and O–H groups in total. The number of rotatable bonds is 0. The number of benzene rings is 2. The fourth-order valence-corrected chi connectivity index (χ4v) is 5.08. The van der Waals surface area contributed by atoms with Crippen LogP contribution in [0.15, 0.2) is 43.4 Å². The van der Waals surface area contributed by atoms with Crippen LogP contribution in [-0.4, -0.2) is 0 Å². The van der Waals surface area contributed by atoms with E-state index in [4.69, 9.17) is 4.42 Å². The van der Waals surface area contributed by atoms with Crippen LogP contribution < -0.4 is 0 Å². The summed E-state index contributed by atoms with van der Waals surface area (Å²) in [5.41, 5.74) is 1.64. The lowest BCUT2D eigenvalue weighted by Gasteiger charge is -2.03. The zero-order valence-corrected chi connectivity index (χ0v) is 18.3. The van der Waals surface area contributed by atoms with Gasteiger partial charge in [-0.1, -0.05) is 0 Å². The summed E-state index contributed by atoms with van der Waals surface area (Å²) in [5.74, 6) is 0. The molecule has 0 saturated heterocycles. The molecule has 3 rings (SSSR count). The number of fused-ring (bicyclic) bond motifs is 3. The van der Waals surface area contributed by atoms with E-state index in [0.717, 1.165) is 48.8 Å². The third-order valence-corrected chi connectivity index (χ3v) is 9.33. The summed E-state index contributed by atoms with van der Waals surface area (Å²) in [6, 6.07) is 3.91. The number of halogens is 6. The molecule has 3 aromatic rings. The third-order valence-electron chi connectivity index (χ3n) is 2.72. The summed E-state index contributed by atoms with van der Waals surface area (Å²) in [5, 5.41) is 2.07. The highest BCUT2D eigenvalue weighted by atomic mass is 79.9. The Hall–Kier alpha value is 1.12. The van der Waals surface area contributed by atoms with Crippen molar-refractivity contribution < 1.29 is 4.42 Å². The van der Waals surface area contributed by atoms with Crippen molar-refractivity contribution in [2.24, 2.45) is 0 Å². The van der Waals surface area contributed by atoms with E-state index in [1.807, 2.05) is 12.1 Å². The van der Waals surface area contributed by atoms with E-state index in [1.54, 1.807) is 0 Å². The molecule has 0 aliphatic heterocycles. The molecule has 19 heavy (non-hydrogen) atoms. The van der Waals surface area contributed by atoms with E-state index in [9.17, 15) is 0 Å². The number of hydrogen-bond donors (Lipinski definition) is 0. The second kappa shape index (κ2) is 5.39. The molecule has 98 valence electrons. The lowest BCUT2D eigenvalue weighted by Crippen LogP contribution is -1.78. The highest BCUT2D eigenvalue weighted by Gasteiger charge is 2.19. The number of furan rings is 1. The zero-order valence-electron chi connectivity index (χ0n) is 8.83. The van der Waals surface area contributed by atoms with Gasteiger partial charge in [0.15, 0.2) is 0 Å². The Morgan fingerprint density at radius 1 is 0.579 bits per heavy atom. The first kappa shape index (κ1) is 15.0. The average Bonchev–Trinajstić information content (AvgIpc) is 2.71. The van der Waals surface area contributed by atoms with Crippen molar-refractivity contribution in [3.05, 3.63) is 39.0 Å². The summed E-state index contributed by atoms with van der Waals surface area (Å²) >= 11 is 21.4. The monoisotopic (exact) mass is 636 g/mol. The Bertz CT molecular complexity index is 767. The van der Waals surface area contributed by atoms with Crippen molar-refractivity contribution in [3.8, 4) is 0 Å². The van der Waals surface area contributed by atoms with Crippen LogP contribution in [0.3, 0.4) is 0 Å². The topological polar surface area (TPSA) is 13.1 Å². The molecule has 0 unspecified atom stereocenters.